The van der Waals surface area contributed by atoms with Crippen LogP contribution in [-0.2, 0) is 6.42 Å². The maximum Gasteiger partial charge on any atom is 0.195 e. The lowest BCUT2D eigenvalue weighted by Gasteiger charge is -2.11. The zero-order valence-electron chi connectivity index (χ0n) is 16.3. The van der Waals surface area contributed by atoms with Gasteiger partial charge in [-0.05, 0) is 54.4 Å². The third-order valence-corrected chi connectivity index (χ3v) is 8.78. The van der Waals surface area contributed by atoms with Crippen LogP contribution in [0.3, 0.4) is 0 Å². The van der Waals surface area contributed by atoms with Gasteiger partial charge in [0.05, 0.1) is 5.92 Å². The standard InChI is InChI=1S/C24H24O2S2/c1-3-5-7-13-9-19-21(25)15-12-18-16(11-17(15)23(19)27-13)22(26)20-10-14(8-6-4-2)28-24(18)20/h9-12,19,23H,3-8H2,1-2H3. The number of carbonyl (C=O) groups is 2. The van der Waals surface area contributed by atoms with Gasteiger partial charge in [0.25, 0.3) is 0 Å². The van der Waals surface area contributed by atoms with Crippen LogP contribution in [0.4, 0.5) is 0 Å². The number of benzene rings is 1. The molecule has 28 heavy (non-hydrogen) atoms. The lowest BCUT2D eigenvalue weighted by atomic mass is 10.0. The van der Waals surface area contributed by atoms with Crippen LogP contribution in [-0.4, -0.2) is 11.6 Å². The van der Waals surface area contributed by atoms with Gasteiger partial charge >= 0.3 is 0 Å². The fourth-order valence-electron chi connectivity index (χ4n) is 4.58. The number of fused-ring (bicyclic) bond motifs is 6. The van der Waals surface area contributed by atoms with Crippen LogP contribution in [0, 0.1) is 5.92 Å². The molecule has 1 aliphatic heterocycles. The first-order valence-electron chi connectivity index (χ1n) is 10.4. The molecule has 2 aromatic rings. The van der Waals surface area contributed by atoms with Crippen molar-refractivity contribution in [3.63, 3.8) is 0 Å². The Hall–Kier alpha value is -1.65. The topological polar surface area (TPSA) is 34.1 Å². The molecule has 2 nitrogen and oxygen atoms in total. The second-order valence-electron chi connectivity index (χ2n) is 8.04. The van der Waals surface area contributed by atoms with E-state index in [2.05, 4.69) is 26.0 Å². The average Bonchev–Trinajstić information content (AvgIpc) is 3.42. The highest BCUT2D eigenvalue weighted by Gasteiger charge is 2.44. The van der Waals surface area contributed by atoms with Crippen LogP contribution in [0.5, 0.6) is 0 Å². The second-order valence-corrected chi connectivity index (χ2v) is 10.4. The van der Waals surface area contributed by atoms with E-state index in [1.807, 2.05) is 23.9 Å². The largest absolute Gasteiger partial charge is 0.293 e. The monoisotopic (exact) mass is 408 g/mol. The number of thioether (sulfide) groups is 1. The van der Waals surface area contributed by atoms with E-state index in [4.69, 9.17) is 0 Å². The van der Waals surface area contributed by atoms with Gasteiger partial charge in [0.1, 0.15) is 0 Å². The Kier molecular flexibility index (Phi) is 4.59. The van der Waals surface area contributed by atoms with E-state index in [0.29, 0.717) is 0 Å². The van der Waals surface area contributed by atoms with Gasteiger partial charge in [0, 0.05) is 37.3 Å². The number of hydrogen-bond acceptors (Lipinski definition) is 4. The molecule has 5 rings (SSSR count). The molecule has 144 valence electrons. The molecule has 3 aliphatic rings. The Bertz CT molecular complexity index is 1030. The zero-order valence-corrected chi connectivity index (χ0v) is 18.0. The summed E-state index contributed by atoms with van der Waals surface area (Å²) in [6.07, 6.45) is 8.94. The number of thiophene rings is 1. The zero-order chi connectivity index (χ0) is 19.4. The van der Waals surface area contributed by atoms with Crippen LogP contribution < -0.4 is 0 Å². The highest BCUT2D eigenvalue weighted by atomic mass is 32.2. The fourth-order valence-corrected chi connectivity index (χ4v) is 7.29. The lowest BCUT2D eigenvalue weighted by molar-refractivity contribution is 0.0959. The van der Waals surface area contributed by atoms with Crippen LogP contribution in [0.15, 0.2) is 29.2 Å². The molecule has 4 heteroatoms. The van der Waals surface area contributed by atoms with Gasteiger partial charge in [-0.1, -0.05) is 32.8 Å². The number of Topliss-reactive ketones (excluding diaryl/α,β-unsaturated/α-hetero) is 1. The van der Waals surface area contributed by atoms with E-state index in [0.717, 1.165) is 58.4 Å². The molecule has 1 aromatic heterocycles. The number of hydrogen-bond donors (Lipinski definition) is 0. The van der Waals surface area contributed by atoms with Gasteiger partial charge in [-0.3, -0.25) is 9.59 Å². The third-order valence-electron chi connectivity index (χ3n) is 6.10. The third kappa shape index (κ3) is 2.68. The van der Waals surface area contributed by atoms with Gasteiger partial charge in [0.2, 0.25) is 0 Å². The minimum absolute atomic E-state index is 0.0348. The lowest BCUT2D eigenvalue weighted by Crippen LogP contribution is -2.05. The number of ketones is 2. The van der Waals surface area contributed by atoms with Crippen molar-refractivity contribution in [1.82, 2.24) is 0 Å². The summed E-state index contributed by atoms with van der Waals surface area (Å²) in [5.74, 6) is 0.350. The Morgan fingerprint density at radius 2 is 1.68 bits per heavy atom. The minimum Gasteiger partial charge on any atom is -0.293 e. The second kappa shape index (κ2) is 7.00. The molecule has 2 aliphatic carbocycles. The molecule has 1 aromatic carbocycles. The van der Waals surface area contributed by atoms with Crippen LogP contribution in [0.2, 0.25) is 0 Å². The number of aryl methyl sites for hydroxylation is 1. The quantitative estimate of drug-likeness (QED) is 0.441. The Balaban J connectivity index is 1.50. The summed E-state index contributed by atoms with van der Waals surface area (Å²) in [4.78, 5) is 29.9. The molecule has 0 saturated heterocycles. The summed E-state index contributed by atoms with van der Waals surface area (Å²) >= 11 is 3.58. The van der Waals surface area contributed by atoms with Crippen LogP contribution in [0.1, 0.15) is 87.9 Å². The van der Waals surface area contributed by atoms with E-state index in [1.54, 1.807) is 11.3 Å². The molecule has 0 amide bonds. The van der Waals surface area contributed by atoms with Gasteiger partial charge in [0.15, 0.2) is 11.6 Å². The van der Waals surface area contributed by atoms with Crippen molar-refractivity contribution in [2.75, 3.05) is 0 Å². The first-order valence-corrected chi connectivity index (χ1v) is 12.1. The first kappa shape index (κ1) is 18.4. The molecule has 2 unspecified atom stereocenters. The van der Waals surface area contributed by atoms with Crippen molar-refractivity contribution in [3.8, 4) is 10.4 Å². The summed E-state index contributed by atoms with van der Waals surface area (Å²) in [6, 6.07) is 6.15. The number of carbonyl (C=O) groups excluding carboxylic acids is 2. The van der Waals surface area contributed by atoms with Gasteiger partial charge in [-0.15, -0.1) is 23.1 Å². The van der Waals surface area contributed by atoms with Crippen molar-refractivity contribution in [2.45, 2.75) is 57.6 Å². The number of rotatable bonds is 6. The molecular weight excluding hydrogens is 384 g/mol. The van der Waals surface area contributed by atoms with Crippen LogP contribution in [0.25, 0.3) is 10.4 Å². The van der Waals surface area contributed by atoms with Crippen molar-refractivity contribution in [1.29, 1.82) is 0 Å². The van der Waals surface area contributed by atoms with E-state index >= 15 is 0 Å². The van der Waals surface area contributed by atoms with E-state index in [-0.39, 0.29) is 22.7 Å². The molecule has 2 heterocycles. The van der Waals surface area contributed by atoms with Crippen molar-refractivity contribution >= 4 is 34.7 Å². The normalized spacial score (nSPS) is 21.6. The van der Waals surface area contributed by atoms with Crippen molar-refractivity contribution < 1.29 is 9.59 Å². The summed E-state index contributed by atoms with van der Waals surface area (Å²) in [6.45, 7) is 4.39. The predicted molar refractivity (Wildman–Crippen MR) is 118 cm³/mol. The Morgan fingerprint density at radius 1 is 0.893 bits per heavy atom. The smallest absolute Gasteiger partial charge is 0.195 e. The molecule has 0 saturated carbocycles. The maximum atomic E-state index is 13.1. The fraction of sp³-hybridized carbons (Fsp3) is 0.417. The predicted octanol–water partition coefficient (Wildman–Crippen LogP) is 6.98. The van der Waals surface area contributed by atoms with E-state index in [1.165, 1.54) is 22.6 Å². The van der Waals surface area contributed by atoms with E-state index < -0.39 is 0 Å². The summed E-state index contributed by atoms with van der Waals surface area (Å²) in [7, 11) is 0. The maximum absolute atomic E-state index is 13.1. The summed E-state index contributed by atoms with van der Waals surface area (Å²) in [5, 5.41) is 0.172. The first-order chi connectivity index (χ1) is 13.6. The SMILES string of the molecule is CCCCC1=CC2C(=O)c3cc4c(cc3C2S1)C(=O)c1cc(CCCC)sc1-4. The molecule has 0 N–H and O–H groups in total. The average molecular weight is 409 g/mol. The van der Waals surface area contributed by atoms with Crippen LogP contribution >= 0.6 is 23.1 Å². The molecule has 2 atom stereocenters. The number of unbranched alkanes of at least 4 members (excludes halogenated alkanes) is 2. The van der Waals surface area contributed by atoms with Crippen molar-refractivity contribution in [2.24, 2.45) is 5.92 Å². The Labute approximate surface area is 174 Å². The molecule has 0 radical (unpaired) electrons. The number of allylic oxidation sites excluding steroid dienone is 2. The Morgan fingerprint density at radius 3 is 2.46 bits per heavy atom. The van der Waals surface area contributed by atoms with Gasteiger partial charge in [-0.25, -0.2) is 0 Å². The highest BCUT2D eigenvalue weighted by Crippen LogP contribution is 2.56. The van der Waals surface area contributed by atoms with Crippen molar-refractivity contribution in [3.05, 3.63) is 56.3 Å². The highest BCUT2D eigenvalue weighted by molar-refractivity contribution is 8.03. The molecule has 0 fully saturated rings. The van der Waals surface area contributed by atoms with E-state index in [9.17, 15) is 9.59 Å². The molecule has 0 bridgehead atoms. The van der Waals surface area contributed by atoms with Gasteiger partial charge in [-0.2, -0.15) is 0 Å². The summed E-state index contributed by atoms with van der Waals surface area (Å²) < 4.78 is 0. The van der Waals surface area contributed by atoms with Gasteiger partial charge < -0.3 is 0 Å². The molecule has 0 spiro atoms. The summed E-state index contributed by atoms with van der Waals surface area (Å²) in [5.41, 5.74) is 4.56. The minimum atomic E-state index is -0.0348. The molecular formula is C24H24O2S2.